The Morgan fingerprint density at radius 3 is 2.60 bits per heavy atom. The first-order valence-electron chi connectivity index (χ1n) is 5.70. The molecule has 1 aromatic heterocycles. The number of hydrogen-bond donors (Lipinski definition) is 1. The number of ether oxygens (including phenoxy) is 3. The lowest BCUT2D eigenvalue weighted by atomic mass is 10.3. The Labute approximate surface area is 120 Å². The first-order valence-corrected chi connectivity index (χ1v) is 6.58. The molecule has 0 bridgehead atoms. The molecule has 0 saturated heterocycles. The van der Waals surface area contributed by atoms with Gasteiger partial charge in [-0.1, -0.05) is 0 Å². The minimum atomic E-state index is -0.457. The van der Waals surface area contributed by atoms with Crippen LogP contribution in [-0.2, 0) is 4.74 Å². The number of nitrogens with one attached hydrogen (secondary N) is 1. The number of esters is 1. The van der Waals surface area contributed by atoms with E-state index < -0.39 is 5.97 Å². The van der Waals surface area contributed by atoms with Gasteiger partial charge in [0.05, 0.1) is 21.3 Å². The Kier molecular flexibility index (Phi) is 4.41. The molecule has 2 rings (SSSR count). The molecule has 1 aromatic carbocycles. The van der Waals surface area contributed by atoms with Crippen molar-refractivity contribution in [3.05, 3.63) is 29.3 Å². The van der Waals surface area contributed by atoms with Crippen LogP contribution < -0.4 is 14.8 Å². The summed E-state index contributed by atoms with van der Waals surface area (Å²) in [6, 6.07) is 5.41. The van der Waals surface area contributed by atoms with Gasteiger partial charge in [-0.2, -0.15) is 0 Å². The van der Waals surface area contributed by atoms with E-state index in [0.717, 1.165) is 5.69 Å². The van der Waals surface area contributed by atoms with Crippen LogP contribution in [0.3, 0.4) is 0 Å². The first kappa shape index (κ1) is 14.1. The highest BCUT2D eigenvalue weighted by atomic mass is 32.1. The summed E-state index contributed by atoms with van der Waals surface area (Å²) in [6.07, 6.45) is 0. The van der Waals surface area contributed by atoms with Crippen molar-refractivity contribution in [2.45, 2.75) is 0 Å². The molecular weight excluding hydrogens is 280 g/mol. The monoisotopic (exact) mass is 294 g/mol. The zero-order chi connectivity index (χ0) is 14.5. The molecule has 0 aliphatic heterocycles. The van der Waals surface area contributed by atoms with E-state index in [1.54, 1.807) is 31.7 Å². The normalized spacial score (nSPS) is 9.95. The standard InChI is InChI=1S/C13H14N2O4S/c1-17-10-5-4-8(6-11(10)18-2)14-13-15-9(7-20-13)12(16)19-3/h4-7H,1-3H3,(H,14,15). The summed E-state index contributed by atoms with van der Waals surface area (Å²) in [5.74, 6) is 0.802. The van der Waals surface area contributed by atoms with Crippen molar-refractivity contribution in [2.24, 2.45) is 0 Å². The molecule has 0 saturated carbocycles. The number of carbonyl (C=O) groups is 1. The van der Waals surface area contributed by atoms with Crippen molar-refractivity contribution in [3.8, 4) is 11.5 Å². The topological polar surface area (TPSA) is 69.7 Å². The summed E-state index contributed by atoms with van der Waals surface area (Å²) in [6.45, 7) is 0. The summed E-state index contributed by atoms with van der Waals surface area (Å²) in [5, 5.41) is 5.32. The summed E-state index contributed by atoms with van der Waals surface area (Å²) >= 11 is 1.32. The van der Waals surface area contributed by atoms with Crippen LogP contribution in [0.25, 0.3) is 0 Å². The largest absolute Gasteiger partial charge is 0.493 e. The highest BCUT2D eigenvalue weighted by Crippen LogP contribution is 2.31. The second-order valence-corrected chi connectivity index (χ2v) is 4.58. The second kappa shape index (κ2) is 6.25. The average molecular weight is 294 g/mol. The van der Waals surface area contributed by atoms with Crippen LogP contribution in [0, 0.1) is 0 Å². The third-order valence-electron chi connectivity index (χ3n) is 2.53. The summed E-state index contributed by atoms with van der Waals surface area (Å²) in [4.78, 5) is 15.5. The fourth-order valence-corrected chi connectivity index (χ4v) is 2.27. The molecule has 0 amide bonds. The third-order valence-corrected chi connectivity index (χ3v) is 3.29. The third kappa shape index (κ3) is 3.00. The number of hydrogen-bond acceptors (Lipinski definition) is 7. The van der Waals surface area contributed by atoms with Gasteiger partial charge < -0.3 is 19.5 Å². The second-order valence-electron chi connectivity index (χ2n) is 3.72. The number of thiazole rings is 1. The molecule has 6 nitrogen and oxygen atoms in total. The molecule has 0 radical (unpaired) electrons. The minimum absolute atomic E-state index is 0.278. The maximum atomic E-state index is 11.3. The Hall–Kier alpha value is -2.28. The van der Waals surface area contributed by atoms with Gasteiger partial charge in [0.25, 0.3) is 0 Å². The average Bonchev–Trinajstić information content (AvgIpc) is 2.94. The molecule has 0 fully saturated rings. The maximum Gasteiger partial charge on any atom is 0.357 e. The molecule has 0 spiro atoms. The lowest BCUT2D eigenvalue weighted by molar-refractivity contribution is 0.0595. The predicted molar refractivity (Wildman–Crippen MR) is 76.3 cm³/mol. The SMILES string of the molecule is COC(=O)c1csc(Nc2ccc(OC)c(OC)c2)n1. The molecule has 0 unspecified atom stereocenters. The van der Waals surface area contributed by atoms with E-state index in [2.05, 4.69) is 15.0 Å². The van der Waals surface area contributed by atoms with E-state index in [-0.39, 0.29) is 5.69 Å². The number of carbonyl (C=O) groups excluding carboxylic acids is 1. The highest BCUT2D eigenvalue weighted by Gasteiger charge is 2.11. The molecule has 106 valence electrons. The smallest absolute Gasteiger partial charge is 0.357 e. The van der Waals surface area contributed by atoms with Crippen LogP contribution in [0.5, 0.6) is 11.5 Å². The van der Waals surface area contributed by atoms with Gasteiger partial charge in [0, 0.05) is 17.1 Å². The Morgan fingerprint density at radius 2 is 1.95 bits per heavy atom. The number of benzene rings is 1. The number of methoxy groups -OCH3 is 3. The van der Waals surface area contributed by atoms with Crippen molar-refractivity contribution in [1.82, 2.24) is 4.98 Å². The first-order chi connectivity index (χ1) is 9.67. The van der Waals surface area contributed by atoms with Crippen molar-refractivity contribution in [2.75, 3.05) is 26.6 Å². The van der Waals surface area contributed by atoms with Crippen LogP contribution >= 0.6 is 11.3 Å². The van der Waals surface area contributed by atoms with E-state index in [9.17, 15) is 4.79 Å². The van der Waals surface area contributed by atoms with Crippen LogP contribution in [0.15, 0.2) is 23.6 Å². The molecule has 0 aliphatic carbocycles. The Morgan fingerprint density at radius 1 is 1.20 bits per heavy atom. The van der Waals surface area contributed by atoms with Crippen LogP contribution in [0.1, 0.15) is 10.5 Å². The lowest BCUT2D eigenvalue weighted by Crippen LogP contribution is -2.01. The molecule has 7 heteroatoms. The quantitative estimate of drug-likeness (QED) is 0.855. The van der Waals surface area contributed by atoms with E-state index in [1.807, 2.05) is 6.07 Å². The van der Waals surface area contributed by atoms with Crippen LogP contribution in [-0.4, -0.2) is 32.3 Å². The van der Waals surface area contributed by atoms with Gasteiger partial charge in [0.1, 0.15) is 0 Å². The number of aromatic nitrogens is 1. The van der Waals surface area contributed by atoms with Gasteiger partial charge in [0.2, 0.25) is 0 Å². The predicted octanol–water partition coefficient (Wildman–Crippen LogP) is 2.69. The van der Waals surface area contributed by atoms with Gasteiger partial charge in [-0.05, 0) is 12.1 Å². The summed E-state index contributed by atoms with van der Waals surface area (Å²) in [7, 11) is 4.47. The van der Waals surface area contributed by atoms with Crippen molar-refractivity contribution in [3.63, 3.8) is 0 Å². The molecule has 0 atom stereocenters. The van der Waals surface area contributed by atoms with Crippen molar-refractivity contribution in [1.29, 1.82) is 0 Å². The highest BCUT2D eigenvalue weighted by molar-refractivity contribution is 7.14. The van der Waals surface area contributed by atoms with E-state index >= 15 is 0 Å². The zero-order valence-corrected chi connectivity index (χ0v) is 12.1. The Balaban J connectivity index is 2.17. The fraction of sp³-hybridized carbons (Fsp3) is 0.231. The Bertz CT molecular complexity index is 612. The van der Waals surface area contributed by atoms with Crippen molar-refractivity contribution < 1.29 is 19.0 Å². The molecular formula is C13H14N2O4S. The number of nitrogens with zero attached hydrogens (tertiary/aromatic N) is 1. The van der Waals surface area contributed by atoms with Gasteiger partial charge in [-0.15, -0.1) is 11.3 Å². The number of rotatable bonds is 5. The van der Waals surface area contributed by atoms with E-state index in [1.165, 1.54) is 18.4 Å². The maximum absolute atomic E-state index is 11.3. The minimum Gasteiger partial charge on any atom is -0.493 e. The molecule has 2 aromatic rings. The van der Waals surface area contributed by atoms with Gasteiger partial charge >= 0.3 is 5.97 Å². The van der Waals surface area contributed by atoms with Gasteiger partial charge in [0.15, 0.2) is 22.3 Å². The zero-order valence-electron chi connectivity index (χ0n) is 11.3. The summed E-state index contributed by atoms with van der Waals surface area (Å²) < 4.78 is 15.0. The van der Waals surface area contributed by atoms with Gasteiger partial charge in [-0.25, -0.2) is 9.78 Å². The van der Waals surface area contributed by atoms with E-state index in [0.29, 0.717) is 16.6 Å². The van der Waals surface area contributed by atoms with Gasteiger partial charge in [-0.3, -0.25) is 0 Å². The van der Waals surface area contributed by atoms with Crippen LogP contribution in [0.2, 0.25) is 0 Å². The van der Waals surface area contributed by atoms with Crippen molar-refractivity contribution >= 4 is 28.1 Å². The molecule has 0 aliphatic rings. The van der Waals surface area contributed by atoms with Crippen LogP contribution in [0.4, 0.5) is 10.8 Å². The lowest BCUT2D eigenvalue weighted by Gasteiger charge is -2.09. The van der Waals surface area contributed by atoms with E-state index in [4.69, 9.17) is 9.47 Å². The molecule has 1 N–H and O–H groups in total. The fourth-order valence-electron chi connectivity index (χ4n) is 1.57. The summed E-state index contributed by atoms with van der Waals surface area (Å²) in [5.41, 5.74) is 1.06. The molecule has 1 heterocycles. The number of anilines is 2. The molecule has 20 heavy (non-hydrogen) atoms.